The summed E-state index contributed by atoms with van der Waals surface area (Å²) < 4.78 is 0. The Kier molecular flexibility index (Phi) is 13.3. The number of hydrogen-bond donors (Lipinski definition) is 5. The van der Waals surface area contributed by atoms with Crippen LogP contribution in [0.2, 0.25) is 0 Å². The van der Waals surface area contributed by atoms with E-state index in [0.717, 1.165) is 12.8 Å². The van der Waals surface area contributed by atoms with Gasteiger partial charge in [-0.2, -0.15) is 12.6 Å². The van der Waals surface area contributed by atoms with Crippen molar-refractivity contribution in [1.29, 1.82) is 0 Å². The summed E-state index contributed by atoms with van der Waals surface area (Å²) in [5.41, 5.74) is 5.77. The van der Waals surface area contributed by atoms with Crippen LogP contribution in [0, 0.1) is 0 Å². The highest BCUT2D eigenvalue weighted by Gasteiger charge is 2.23. The first-order valence-electron chi connectivity index (χ1n) is 8.87. The summed E-state index contributed by atoms with van der Waals surface area (Å²) in [6.07, 6.45) is 1.60. The van der Waals surface area contributed by atoms with E-state index in [1.165, 1.54) is 0 Å². The molecule has 0 aromatic carbocycles. The van der Waals surface area contributed by atoms with Gasteiger partial charge in [-0.15, -0.1) is 5.06 Å². The number of nitrogens with two attached hydrogens (primary N) is 1. The number of carboxylic acid groups (broad SMARTS) is 1. The van der Waals surface area contributed by atoms with E-state index in [2.05, 4.69) is 23.3 Å². The van der Waals surface area contributed by atoms with E-state index in [1.54, 1.807) is 5.06 Å². The number of nitrogens with zero attached hydrogens (tertiary/aromatic N) is 1. The fraction of sp³-hybridized carbons (Fsp3) is 0.750. The molecule has 0 rings (SSSR count). The minimum Gasteiger partial charge on any atom is -0.480 e. The number of hydrogen-bond acceptors (Lipinski definition) is 8. The summed E-state index contributed by atoms with van der Waals surface area (Å²) in [5, 5.41) is 14.7. The number of nitrogens with one attached hydrogen (secondary N) is 2. The molecule has 10 nitrogen and oxygen atoms in total. The normalized spacial score (nSPS) is 12.9. The topological polar surface area (TPSA) is 151 Å². The van der Waals surface area contributed by atoms with E-state index in [-0.39, 0.29) is 18.6 Å². The molecule has 2 atom stereocenters. The van der Waals surface area contributed by atoms with E-state index < -0.39 is 42.4 Å². The summed E-state index contributed by atoms with van der Waals surface area (Å²) in [5.74, 6) is -2.97. The van der Waals surface area contributed by atoms with Crippen molar-refractivity contribution >= 4 is 36.4 Å². The van der Waals surface area contributed by atoms with Gasteiger partial charge in [0.25, 0.3) is 0 Å². The second-order valence-corrected chi connectivity index (χ2v) is 6.26. The Balaban J connectivity index is 4.38. The summed E-state index contributed by atoms with van der Waals surface area (Å²) in [7, 11) is 0. The molecule has 0 aliphatic rings. The van der Waals surface area contributed by atoms with Gasteiger partial charge in [-0.05, 0) is 19.3 Å². The predicted molar refractivity (Wildman–Crippen MR) is 102 cm³/mol. The average molecular weight is 407 g/mol. The van der Waals surface area contributed by atoms with Crippen LogP contribution < -0.4 is 16.4 Å². The van der Waals surface area contributed by atoms with Crippen molar-refractivity contribution in [3.63, 3.8) is 0 Å². The summed E-state index contributed by atoms with van der Waals surface area (Å²) >= 11 is 3.97. The third-order valence-corrected chi connectivity index (χ3v) is 3.76. The van der Waals surface area contributed by atoms with E-state index >= 15 is 0 Å². The second kappa shape index (κ2) is 14.2. The van der Waals surface area contributed by atoms with Crippen LogP contribution >= 0.6 is 12.6 Å². The maximum atomic E-state index is 12.0. The van der Waals surface area contributed by atoms with Gasteiger partial charge in [0.05, 0.1) is 0 Å². The van der Waals surface area contributed by atoms with Gasteiger partial charge in [-0.1, -0.05) is 13.8 Å². The highest BCUT2D eigenvalue weighted by atomic mass is 32.1. The van der Waals surface area contributed by atoms with E-state index in [4.69, 9.17) is 15.7 Å². The maximum absolute atomic E-state index is 12.0. The first-order valence-corrected chi connectivity index (χ1v) is 9.50. The SMILES string of the molecule is CCCN(CCC)OC(=O)C(N)CCC(=O)NC(CS)C(=O)NCC(=O)O. The van der Waals surface area contributed by atoms with E-state index in [0.29, 0.717) is 13.1 Å². The number of amides is 2. The molecule has 0 aliphatic carbocycles. The van der Waals surface area contributed by atoms with Crippen LogP contribution in [0.25, 0.3) is 0 Å². The molecule has 2 amide bonds. The quantitative estimate of drug-likeness (QED) is 0.187. The van der Waals surface area contributed by atoms with Crippen molar-refractivity contribution in [2.75, 3.05) is 25.4 Å². The van der Waals surface area contributed by atoms with Crippen molar-refractivity contribution < 1.29 is 29.1 Å². The molecule has 5 N–H and O–H groups in total. The Morgan fingerprint density at radius 2 is 1.78 bits per heavy atom. The number of aliphatic carboxylic acids is 1. The lowest BCUT2D eigenvalue weighted by atomic mass is 10.1. The van der Waals surface area contributed by atoms with Crippen LogP contribution in [0.1, 0.15) is 39.5 Å². The summed E-state index contributed by atoms with van der Waals surface area (Å²) in [6, 6.07) is -1.95. The Bertz CT molecular complexity index is 499. The largest absolute Gasteiger partial charge is 0.480 e. The van der Waals surface area contributed by atoms with Gasteiger partial charge in [0.2, 0.25) is 11.8 Å². The lowest BCUT2D eigenvalue weighted by Crippen LogP contribution is -2.49. The Morgan fingerprint density at radius 3 is 2.26 bits per heavy atom. The van der Waals surface area contributed by atoms with Crippen LogP contribution in [0.4, 0.5) is 0 Å². The number of carbonyl (C=O) groups is 4. The first kappa shape index (κ1) is 25.1. The molecule has 0 aliphatic heterocycles. The molecule has 0 saturated carbocycles. The zero-order valence-corrected chi connectivity index (χ0v) is 16.7. The Morgan fingerprint density at radius 1 is 1.19 bits per heavy atom. The van der Waals surface area contributed by atoms with Crippen LogP contribution in [-0.2, 0) is 24.0 Å². The molecule has 0 aromatic heterocycles. The second-order valence-electron chi connectivity index (χ2n) is 5.90. The van der Waals surface area contributed by atoms with Crippen molar-refractivity contribution in [2.45, 2.75) is 51.6 Å². The lowest BCUT2D eigenvalue weighted by Gasteiger charge is -2.22. The molecular formula is C16H30N4O6S. The third kappa shape index (κ3) is 11.5. The van der Waals surface area contributed by atoms with Gasteiger partial charge in [0, 0.05) is 25.3 Å². The van der Waals surface area contributed by atoms with Crippen molar-refractivity contribution in [3.05, 3.63) is 0 Å². The van der Waals surface area contributed by atoms with Crippen molar-refractivity contribution in [2.24, 2.45) is 5.73 Å². The lowest BCUT2D eigenvalue weighted by molar-refractivity contribution is -0.192. The molecule has 0 heterocycles. The molecule has 0 saturated heterocycles. The molecule has 11 heteroatoms. The monoisotopic (exact) mass is 406 g/mol. The average Bonchev–Trinajstić information content (AvgIpc) is 2.62. The van der Waals surface area contributed by atoms with Gasteiger partial charge in [0.1, 0.15) is 18.6 Å². The number of carbonyl (C=O) groups excluding carboxylic acids is 3. The van der Waals surface area contributed by atoms with Gasteiger partial charge < -0.3 is 26.3 Å². The van der Waals surface area contributed by atoms with Gasteiger partial charge in [-0.25, -0.2) is 4.79 Å². The standard InChI is InChI=1S/C16H30N4O6S/c1-3-7-20(8-4-2)26-16(25)11(17)5-6-13(21)19-12(10-27)15(24)18-9-14(22)23/h11-12,27H,3-10,17H2,1-2H3,(H,18,24)(H,19,21)(H,22,23). The number of hydroxylamine groups is 2. The fourth-order valence-electron chi connectivity index (χ4n) is 2.05. The fourth-order valence-corrected chi connectivity index (χ4v) is 2.30. The summed E-state index contributed by atoms with van der Waals surface area (Å²) in [4.78, 5) is 51.4. The molecule has 0 fully saturated rings. The smallest absolute Gasteiger partial charge is 0.341 e. The van der Waals surface area contributed by atoms with Gasteiger partial charge in [0.15, 0.2) is 0 Å². The van der Waals surface area contributed by atoms with Crippen LogP contribution in [0.3, 0.4) is 0 Å². The van der Waals surface area contributed by atoms with Crippen LogP contribution in [0.15, 0.2) is 0 Å². The highest BCUT2D eigenvalue weighted by Crippen LogP contribution is 2.03. The minimum atomic E-state index is -1.20. The molecular weight excluding hydrogens is 376 g/mol. The number of thiol groups is 1. The summed E-state index contributed by atoms with van der Waals surface area (Å²) in [6.45, 7) is 4.57. The number of carboxylic acids is 1. The van der Waals surface area contributed by atoms with Crippen molar-refractivity contribution in [1.82, 2.24) is 15.7 Å². The maximum Gasteiger partial charge on any atom is 0.341 e. The van der Waals surface area contributed by atoms with Crippen LogP contribution in [-0.4, -0.2) is 71.4 Å². The molecule has 0 spiro atoms. The zero-order chi connectivity index (χ0) is 20.8. The molecule has 156 valence electrons. The predicted octanol–water partition coefficient (Wildman–Crippen LogP) is -0.710. The third-order valence-electron chi connectivity index (χ3n) is 3.40. The van der Waals surface area contributed by atoms with Gasteiger partial charge in [-0.3, -0.25) is 14.4 Å². The van der Waals surface area contributed by atoms with E-state index in [1.807, 2.05) is 13.8 Å². The highest BCUT2D eigenvalue weighted by molar-refractivity contribution is 7.80. The molecule has 0 radical (unpaired) electrons. The minimum absolute atomic E-state index is 0.00567. The molecule has 0 bridgehead atoms. The number of rotatable bonds is 14. The first-order chi connectivity index (χ1) is 12.7. The Labute approximate surface area is 164 Å². The van der Waals surface area contributed by atoms with Crippen LogP contribution in [0.5, 0.6) is 0 Å². The molecule has 27 heavy (non-hydrogen) atoms. The molecule has 0 aromatic rings. The van der Waals surface area contributed by atoms with Crippen molar-refractivity contribution in [3.8, 4) is 0 Å². The van der Waals surface area contributed by atoms with E-state index in [9.17, 15) is 19.2 Å². The zero-order valence-electron chi connectivity index (χ0n) is 15.8. The molecule has 2 unspecified atom stereocenters. The van der Waals surface area contributed by atoms with Gasteiger partial charge >= 0.3 is 11.9 Å². The Hall–Kier alpha value is -1.85.